The molecule has 0 saturated heterocycles. The van der Waals surface area contributed by atoms with Gasteiger partial charge in [0.25, 0.3) is 17.7 Å². The third-order valence-corrected chi connectivity index (χ3v) is 5.26. The number of para-hydroxylation sites is 2. The molecule has 2 N–H and O–H groups in total. The van der Waals surface area contributed by atoms with Gasteiger partial charge in [-0.25, -0.2) is 9.29 Å². The Bertz CT molecular complexity index is 1290. The van der Waals surface area contributed by atoms with Gasteiger partial charge in [-0.15, -0.1) is 0 Å². The molecule has 1 heterocycles. The summed E-state index contributed by atoms with van der Waals surface area (Å²) >= 11 is 6.10. The number of amides is 3. The Morgan fingerprint density at radius 1 is 0.938 bits per heavy atom. The second-order valence-electron chi connectivity index (χ2n) is 7.06. The van der Waals surface area contributed by atoms with Crippen molar-refractivity contribution < 1.29 is 18.8 Å². The largest absolute Gasteiger partial charge is 0.350 e. The highest BCUT2D eigenvalue weighted by Gasteiger charge is 2.40. The van der Waals surface area contributed by atoms with Crippen molar-refractivity contribution in [1.82, 2.24) is 0 Å². The SMILES string of the molecule is Cc1ccccc1NC(=O)c1cccc(NC2=C(Cl)C(=O)N(c3ccccc3F)C2=O)c1. The molecule has 1 aliphatic heterocycles. The Kier molecular flexibility index (Phi) is 5.75. The molecule has 3 aromatic rings. The minimum atomic E-state index is -0.835. The summed E-state index contributed by atoms with van der Waals surface area (Å²) in [4.78, 5) is 38.7. The number of nitrogens with zero attached hydrogens (tertiary/aromatic N) is 1. The summed E-state index contributed by atoms with van der Waals surface area (Å²) in [5, 5.41) is 5.26. The zero-order valence-electron chi connectivity index (χ0n) is 16.9. The molecule has 0 bridgehead atoms. The van der Waals surface area contributed by atoms with Gasteiger partial charge in [-0.1, -0.05) is 48.0 Å². The number of carbonyl (C=O) groups excluding carboxylic acids is 3. The predicted molar refractivity (Wildman–Crippen MR) is 121 cm³/mol. The van der Waals surface area contributed by atoms with Gasteiger partial charge in [0.15, 0.2) is 0 Å². The molecule has 4 rings (SSSR count). The Balaban J connectivity index is 1.56. The quantitative estimate of drug-likeness (QED) is 0.547. The molecule has 160 valence electrons. The lowest BCUT2D eigenvalue weighted by Crippen LogP contribution is -2.33. The lowest BCUT2D eigenvalue weighted by atomic mass is 10.1. The van der Waals surface area contributed by atoms with Gasteiger partial charge < -0.3 is 10.6 Å². The van der Waals surface area contributed by atoms with E-state index in [0.717, 1.165) is 11.6 Å². The number of hydrogen-bond acceptors (Lipinski definition) is 4. The van der Waals surface area contributed by atoms with Crippen LogP contribution in [-0.2, 0) is 9.59 Å². The van der Waals surface area contributed by atoms with Crippen LogP contribution in [0.1, 0.15) is 15.9 Å². The first kappa shape index (κ1) is 21.3. The molecular formula is C24H17ClFN3O3. The first-order valence-corrected chi connectivity index (χ1v) is 10.0. The molecule has 0 unspecified atom stereocenters. The summed E-state index contributed by atoms with van der Waals surface area (Å²) in [5.41, 5.74) is 1.90. The monoisotopic (exact) mass is 449 g/mol. The van der Waals surface area contributed by atoms with Crippen LogP contribution in [0.5, 0.6) is 0 Å². The topological polar surface area (TPSA) is 78.5 Å². The van der Waals surface area contributed by atoms with Gasteiger partial charge >= 0.3 is 0 Å². The minimum absolute atomic E-state index is 0.191. The van der Waals surface area contributed by atoms with Crippen molar-refractivity contribution in [3.63, 3.8) is 0 Å². The van der Waals surface area contributed by atoms with E-state index in [0.29, 0.717) is 21.8 Å². The van der Waals surface area contributed by atoms with Gasteiger partial charge in [0, 0.05) is 16.9 Å². The maximum atomic E-state index is 14.1. The van der Waals surface area contributed by atoms with Gasteiger partial charge in [0.1, 0.15) is 16.5 Å². The first-order chi connectivity index (χ1) is 15.4. The van der Waals surface area contributed by atoms with Crippen LogP contribution in [0.4, 0.5) is 21.5 Å². The molecule has 0 aliphatic carbocycles. The Morgan fingerprint density at radius 2 is 1.66 bits per heavy atom. The number of carbonyl (C=O) groups is 3. The summed E-state index contributed by atoms with van der Waals surface area (Å²) in [5.74, 6) is -2.70. The molecule has 3 amide bonds. The highest BCUT2D eigenvalue weighted by Crippen LogP contribution is 2.31. The first-order valence-electron chi connectivity index (χ1n) is 9.64. The van der Waals surface area contributed by atoms with E-state index in [4.69, 9.17) is 11.6 Å². The van der Waals surface area contributed by atoms with Crippen LogP contribution >= 0.6 is 11.6 Å². The number of imide groups is 1. The maximum absolute atomic E-state index is 14.1. The molecule has 0 radical (unpaired) electrons. The van der Waals surface area contributed by atoms with Crippen LogP contribution in [0.3, 0.4) is 0 Å². The van der Waals surface area contributed by atoms with Crippen LogP contribution in [0, 0.1) is 12.7 Å². The van der Waals surface area contributed by atoms with E-state index < -0.39 is 17.6 Å². The van der Waals surface area contributed by atoms with Crippen molar-refractivity contribution in [2.24, 2.45) is 0 Å². The highest BCUT2D eigenvalue weighted by molar-refractivity contribution is 6.53. The Labute approximate surface area is 188 Å². The number of anilines is 3. The molecule has 0 spiro atoms. The van der Waals surface area contributed by atoms with E-state index in [1.54, 1.807) is 24.3 Å². The number of benzene rings is 3. The van der Waals surface area contributed by atoms with Crippen molar-refractivity contribution in [3.05, 3.63) is 100 Å². The lowest BCUT2D eigenvalue weighted by molar-refractivity contribution is -0.120. The molecule has 6 nitrogen and oxygen atoms in total. The van der Waals surface area contributed by atoms with E-state index in [9.17, 15) is 18.8 Å². The zero-order chi connectivity index (χ0) is 22.8. The van der Waals surface area contributed by atoms with Crippen molar-refractivity contribution in [1.29, 1.82) is 0 Å². The fourth-order valence-electron chi connectivity index (χ4n) is 3.25. The molecule has 1 aliphatic rings. The van der Waals surface area contributed by atoms with Crippen molar-refractivity contribution >= 4 is 46.4 Å². The zero-order valence-corrected chi connectivity index (χ0v) is 17.6. The standard InChI is InChI=1S/C24H17ClFN3O3/c1-14-7-2-4-11-18(14)28-22(30)15-8-6-9-16(13-15)27-21-20(25)23(31)29(24(21)32)19-12-5-3-10-17(19)26/h2-13,27H,1H3,(H,28,30). The normalized spacial score (nSPS) is 13.5. The molecule has 0 saturated carbocycles. The number of aryl methyl sites for hydroxylation is 1. The number of nitrogens with one attached hydrogen (secondary N) is 2. The predicted octanol–water partition coefficient (Wildman–Crippen LogP) is 4.82. The smallest absolute Gasteiger partial charge is 0.283 e. The van der Waals surface area contributed by atoms with Gasteiger partial charge in [0.05, 0.1) is 5.69 Å². The van der Waals surface area contributed by atoms with Crippen LogP contribution in [-0.4, -0.2) is 17.7 Å². The number of hydrogen-bond donors (Lipinski definition) is 2. The highest BCUT2D eigenvalue weighted by atomic mass is 35.5. The molecule has 0 atom stereocenters. The van der Waals surface area contributed by atoms with Crippen molar-refractivity contribution in [2.75, 3.05) is 15.5 Å². The van der Waals surface area contributed by atoms with E-state index in [1.165, 1.54) is 24.3 Å². The minimum Gasteiger partial charge on any atom is -0.350 e. The lowest BCUT2D eigenvalue weighted by Gasteiger charge is -2.15. The fraction of sp³-hybridized carbons (Fsp3) is 0.0417. The molecular weight excluding hydrogens is 433 g/mol. The third kappa shape index (κ3) is 3.98. The van der Waals surface area contributed by atoms with Gasteiger partial charge in [-0.05, 0) is 48.9 Å². The van der Waals surface area contributed by atoms with Crippen LogP contribution in [0.25, 0.3) is 0 Å². The fourth-order valence-corrected chi connectivity index (χ4v) is 3.47. The Hall–Kier alpha value is -3.97. The van der Waals surface area contributed by atoms with E-state index in [-0.39, 0.29) is 22.3 Å². The van der Waals surface area contributed by atoms with Crippen LogP contribution in [0.2, 0.25) is 0 Å². The second kappa shape index (κ2) is 8.64. The number of rotatable bonds is 5. The molecule has 0 fully saturated rings. The van der Waals surface area contributed by atoms with Crippen LogP contribution in [0.15, 0.2) is 83.5 Å². The van der Waals surface area contributed by atoms with Gasteiger partial charge in [-0.3, -0.25) is 14.4 Å². The molecule has 8 heteroatoms. The van der Waals surface area contributed by atoms with Gasteiger partial charge in [-0.2, -0.15) is 0 Å². The summed E-state index contributed by atoms with van der Waals surface area (Å²) in [7, 11) is 0. The molecule has 32 heavy (non-hydrogen) atoms. The van der Waals surface area contributed by atoms with Crippen molar-refractivity contribution in [2.45, 2.75) is 6.92 Å². The number of halogens is 2. The van der Waals surface area contributed by atoms with E-state index in [2.05, 4.69) is 10.6 Å². The molecule has 0 aromatic heterocycles. The van der Waals surface area contributed by atoms with Gasteiger partial charge in [0.2, 0.25) is 0 Å². The average molecular weight is 450 g/mol. The summed E-state index contributed by atoms with van der Waals surface area (Å²) in [6.07, 6.45) is 0. The summed E-state index contributed by atoms with van der Waals surface area (Å²) < 4.78 is 14.1. The summed E-state index contributed by atoms with van der Waals surface area (Å²) in [6, 6.07) is 19.2. The molecule has 3 aromatic carbocycles. The maximum Gasteiger partial charge on any atom is 0.283 e. The summed E-state index contributed by atoms with van der Waals surface area (Å²) in [6.45, 7) is 1.88. The Morgan fingerprint density at radius 3 is 2.41 bits per heavy atom. The third-order valence-electron chi connectivity index (χ3n) is 4.91. The van der Waals surface area contributed by atoms with E-state index >= 15 is 0 Å². The second-order valence-corrected chi connectivity index (χ2v) is 7.44. The van der Waals surface area contributed by atoms with E-state index in [1.807, 2.05) is 25.1 Å². The average Bonchev–Trinajstić information content (AvgIpc) is 2.99. The van der Waals surface area contributed by atoms with Crippen molar-refractivity contribution in [3.8, 4) is 0 Å². The van der Waals surface area contributed by atoms with Crippen LogP contribution < -0.4 is 15.5 Å².